The van der Waals surface area contributed by atoms with Gasteiger partial charge in [0.05, 0.1) is 16.0 Å². The van der Waals surface area contributed by atoms with Crippen LogP contribution >= 0.6 is 15.9 Å². The van der Waals surface area contributed by atoms with Crippen LogP contribution in [0.1, 0.15) is 64.9 Å². The van der Waals surface area contributed by atoms with Gasteiger partial charge in [-0.3, -0.25) is 4.79 Å². The molecule has 0 spiro atoms. The average Bonchev–Trinajstić information content (AvgIpc) is 2.66. The summed E-state index contributed by atoms with van der Waals surface area (Å²) < 4.78 is 34.8. The molecule has 1 rings (SSSR count). The number of sulfonamides is 1. The Labute approximate surface area is 177 Å². The van der Waals surface area contributed by atoms with Gasteiger partial charge in [0.1, 0.15) is 0 Å². The monoisotopic (exact) mass is 471 g/mol. The Morgan fingerprint density at radius 2 is 1.68 bits per heavy atom. The lowest BCUT2D eigenvalue weighted by atomic mass is 10.1. The Bertz CT molecular complexity index is 811. The number of nitrogens with zero attached hydrogens (tertiary/aromatic N) is 1. The van der Waals surface area contributed by atoms with Crippen molar-refractivity contribution >= 4 is 37.6 Å². The Hall–Kier alpha value is -1.47. The van der Waals surface area contributed by atoms with Crippen LogP contribution in [0.5, 0.6) is 0 Å². The third kappa shape index (κ3) is 7.87. The van der Waals surface area contributed by atoms with E-state index in [-0.39, 0.29) is 23.2 Å². The molecule has 0 radical (unpaired) electrons. The predicted molar refractivity (Wildman–Crippen MR) is 117 cm³/mol. The molecule has 7 heteroatoms. The first-order valence-corrected chi connectivity index (χ1v) is 11.9. The van der Waals surface area contributed by atoms with E-state index in [4.69, 9.17) is 4.74 Å². The van der Waals surface area contributed by atoms with E-state index in [0.29, 0.717) is 16.5 Å². The van der Waals surface area contributed by atoms with Gasteiger partial charge in [0.15, 0.2) is 5.78 Å². The topological polar surface area (TPSA) is 72.8 Å². The third-order valence-corrected chi connectivity index (χ3v) is 6.52. The zero-order chi connectivity index (χ0) is 21.2. The van der Waals surface area contributed by atoms with Gasteiger partial charge in [-0.25, -0.2) is 0 Å². The number of benzene rings is 1. The van der Waals surface area contributed by atoms with Crippen LogP contribution < -0.4 is 0 Å². The van der Waals surface area contributed by atoms with E-state index in [1.807, 2.05) is 6.92 Å². The Morgan fingerprint density at radius 3 is 2.25 bits per heavy atom. The summed E-state index contributed by atoms with van der Waals surface area (Å²) in [6.45, 7) is 7.64. The van der Waals surface area contributed by atoms with Gasteiger partial charge in [-0.2, -0.15) is 8.42 Å². The van der Waals surface area contributed by atoms with Crippen molar-refractivity contribution in [3.63, 3.8) is 0 Å². The molecular weight excluding hydrogens is 442 g/mol. The number of rotatable bonds is 11. The van der Waals surface area contributed by atoms with E-state index in [1.54, 1.807) is 26.0 Å². The summed E-state index contributed by atoms with van der Waals surface area (Å²) in [7, 11) is -3.93. The van der Waals surface area contributed by atoms with Gasteiger partial charge in [0, 0.05) is 12.0 Å². The number of carbonyl (C=O) groups excluding carboxylic acids is 1. The van der Waals surface area contributed by atoms with Crippen LogP contribution in [-0.2, 0) is 19.6 Å². The highest BCUT2D eigenvalue weighted by Gasteiger charge is 2.20. The molecule has 156 valence electrons. The molecule has 0 amide bonds. The van der Waals surface area contributed by atoms with Gasteiger partial charge in [-0.1, -0.05) is 50.3 Å². The number of ketones is 1. The van der Waals surface area contributed by atoms with Gasteiger partial charge in [-0.15, -0.1) is 4.40 Å². The fourth-order valence-corrected chi connectivity index (χ4v) is 3.87. The first-order valence-electron chi connectivity index (χ1n) is 9.67. The molecule has 0 saturated carbocycles. The fourth-order valence-electron chi connectivity index (χ4n) is 2.51. The van der Waals surface area contributed by atoms with Gasteiger partial charge in [-0.05, 0) is 55.3 Å². The van der Waals surface area contributed by atoms with Gasteiger partial charge in [0.25, 0.3) is 10.0 Å². The molecular formula is C21H30BrNO4S. The van der Waals surface area contributed by atoms with Crippen LogP contribution in [0.4, 0.5) is 0 Å². The summed E-state index contributed by atoms with van der Waals surface area (Å²) in [4.78, 5) is 12.5. The zero-order valence-electron chi connectivity index (χ0n) is 17.1. The number of hydrogen-bond donors (Lipinski definition) is 0. The van der Waals surface area contributed by atoms with Crippen molar-refractivity contribution in [3.8, 4) is 0 Å². The molecule has 0 N–H and O–H groups in total. The number of allylic oxidation sites excluding steroid dienone is 1. The van der Waals surface area contributed by atoms with Crippen molar-refractivity contribution in [1.82, 2.24) is 0 Å². The third-order valence-electron chi connectivity index (χ3n) is 4.21. The normalized spacial score (nSPS) is 13.2. The molecule has 5 nitrogen and oxygen atoms in total. The first-order chi connectivity index (χ1) is 13.2. The van der Waals surface area contributed by atoms with E-state index >= 15 is 0 Å². The summed E-state index contributed by atoms with van der Waals surface area (Å²) in [5, 5.41) is 0. The largest absolute Gasteiger partial charge is 0.477 e. The van der Waals surface area contributed by atoms with Crippen LogP contribution in [0.2, 0.25) is 0 Å². The van der Waals surface area contributed by atoms with E-state index < -0.39 is 10.0 Å². The van der Waals surface area contributed by atoms with E-state index in [9.17, 15) is 13.2 Å². The van der Waals surface area contributed by atoms with Crippen LogP contribution in [0.3, 0.4) is 0 Å². The number of Topliss-reactive ketones (excluding diaryl/α,β-unsaturated/α-hetero) is 1. The second-order valence-corrected chi connectivity index (χ2v) is 9.04. The van der Waals surface area contributed by atoms with Crippen LogP contribution in [0, 0.1) is 6.92 Å². The molecule has 0 heterocycles. The highest BCUT2D eigenvalue weighted by atomic mass is 79.9. The smallest absolute Gasteiger partial charge is 0.285 e. The highest BCUT2D eigenvalue weighted by Crippen LogP contribution is 2.21. The summed E-state index contributed by atoms with van der Waals surface area (Å²) in [5.41, 5.74) is 1.34. The summed E-state index contributed by atoms with van der Waals surface area (Å²) in [6.07, 6.45) is 5.66. The van der Waals surface area contributed by atoms with Crippen molar-refractivity contribution < 1.29 is 17.9 Å². The molecule has 0 saturated heterocycles. The quantitative estimate of drug-likeness (QED) is 0.179. The molecule has 0 fully saturated rings. The lowest BCUT2D eigenvalue weighted by molar-refractivity contribution is -0.115. The Kier molecular flexibility index (Phi) is 10.7. The summed E-state index contributed by atoms with van der Waals surface area (Å²) in [5.74, 6) is -0.136. The highest BCUT2D eigenvalue weighted by molar-refractivity contribution is 9.12. The van der Waals surface area contributed by atoms with E-state index in [1.165, 1.54) is 18.6 Å². The molecule has 0 aliphatic carbocycles. The zero-order valence-corrected chi connectivity index (χ0v) is 19.5. The maximum atomic E-state index is 12.6. The molecule has 0 bridgehead atoms. The molecule has 0 aromatic heterocycles. The van der Waals surface area contributed by atoms with Crippen molar-refractivity contribution in [2.75, 3.05) is 6.61 Å². The number of aryl methyl sites for hydroxylation is 1. The Balaban J connectivity index is 3.04. The van der Waals surface area contributed by atoms with Gasteiger partial charge < -0.3 is 4.74 Å². The Morgan fingerprint density at radius 1 is 1.07 bits per heavy atom. The minimum atomic E-state index is -3.93. The lowest BCUT2D eigenvalue weighted by Gasteiger charge is -2.10. The molecule has 0 atom stereocenters. The van der Waals surface area contributed by atoms with Crippen molar-refractivity contribution in [3.05, 3.63) is 39.9 Å². The maximum absolute atomic E-state index is 12.6. The molecule has 1 aromatic carbocycles. The molecule has 1 aromatic rings. The molecule has 0 unspecified atom stereocenters. The minimum absolute atomic E-state index is 0.0608. The molecule has 0 aliphatic rings. The minimum Gasteiger partial charge on any atom is -0.477 e. The van der Waals surface area contributed by atoms with Gasteiger partial charge in [0.2, 0.25) is 5.90 Å². The number of hydrogen-bond acceptors (Lipinski definition) is 4. The van der Waals surface area contributed by atoms with Crippen LogP contribution in [0.15, 0.2) is 43.6 Å². The maximum Gasteiger partial charge on any atom is 0.285 e. The predicted octanol–water partition coefficient (Wildman–Crippen LogP) is 5.72. The standard InChI is InChI=1S/C21H30BrNO4S/c1-5-7-8-9-10-11-19(24)20(22)17(4)21(27-6-2)23-28(25,26)18-14-12-16(3)13-15-18/h12-15H,5-11H2,1-4H3/b20-17+,23-21-. The second-order valence-electron chi connectivity index (χ2n) is 6.64. The number of halogens is 1. The van der Waals surface area contributed by atoms with E-state index in [2.05, 4.69) is 27.3 Å². The van der Waals surface area contributed by atoms with Crippen molar-refractivity contribution in [2.45, 2.75) is 71.1 Å². The first kappa shape index (κ1) is 24.6. The average molecular weight is 472 g/mol. The SMILES string of the molecule is CCCCCCCC(=O)/C(Br)=C(C)\C(=N\S(=O)(=O)c1ccc(C)cc1)OCC. The van der Waals surface area contributed by atoms with E-state index in [0.717, 1.165) is 31.2 Å². The molecule has 0 aliphatic heterocycles. The second kappa shape index (κ2) is 12.2. The summed E-state index contributed by atoms with van der Waals surface area (Å²) in [6, 6.07) is 6.44. The lowest BCUT2D eigenvalue weighted by Crippen LogP contribution is -2.13. The number of ether oxygens (including phenoxy) is 1. The molecule has 28 heavy (non-hydrogen) atoms. The van der Waals surface area contributed by atoms with Crippen molar-refractivity contribution in [1.29, 1.82) is 0 Å². The van der Waals surface area contributed by atoms with Crippen molar-refractivity contribution in [2.24, 2.45) is 4.40 Å². The van der Waals surface area contributed by atoms with Gasteiger partial charge >= 0.3 is 0 Å². The number of unbranched alkanes of at least 4 members (excludes halogenated alkanes) is 4. The fraction of sp³-hybridized carbons (Fsp3) is 0.524. The summed E-state index contributed by atoms with van der Waals surface area (Å²) >= 11 is 3.31. The van der Waals surface area contributed by atoms with Crippen LogP contribution in [-0.4, -0.2) is 26.7 Å². The number of carbonyl (C=O) groups is 1. The van der Waals surface area contributed by atoms with Crippen LogP contribution in [0.25, 0.3) is 0 Å².